The second-order valence-electron chi connectivity index (χ2n) is 6.48. The molecule has 7 nitrogen and oxygen atoms in total. The number of aryl methyl sites for hydroxylation is 2. The number of hydrogen-bond acceptors (Lipinski definition) is 8. The molecule has 3 rings (SSSR count). The van der Waals surface area contributed by atoms with Crippen LogP contribution in [0.15, 0.2) is 46.6 Å². The number of thiazole rings is 1. The summed E-state index contributed by atoms with van der Waals surface area (Å²) in [6, 6.07) is 11.7. The summed E-state index contributed by atoms with van der Waals surface area (Å²) in [5.41, 5.74) is 4.55. The fourth-order valence-corrected chi connectivity index (χ4v) is 4.13. The average Bonchev–Trinajstić information content (AvgIpc) is 3.02. The summed E-state index contributed by atoms with van der Waals surface area (Å²) in [7, 11) is -4.24. The molecular formula is C19H21KN4O3S2. The normalized spacial score (nSPS) is 11.7. The van der Waals surface area contributed by atoms with E-state index in [2.05, 4.69) is 21.3 Å². The molecule has 29 heavy (non-hydrogen) atoms. The van der Waals surface area contributed by atoms with Gasteiger partial charge in [0.15, 0.2) is 0 Å². The van der Waals surface area contributed by atoms with Gasteiger partial charge in [-0.25, -0.2) is 13.4 Å². The molecule has 3 aromatic rings. The van der Waals surface area contributed by atoms with Gasteiger partial charge in [0.05, 0.1) is 31.8 Å². The van der Waals surface area contributed by atoms with Gasteiger partial charge in [0.1, 0.15) is 0 Å². The Morgan fingerprint density at radius 2 is 1.90 bits per heavy atom. The van der Waals surface area contributed by atoms with E-state index in [0.29, 0.717) is 17.4 Å². The fraction of sp³-hybridized carbons (Fsp3) is 0.316. The first kappa shape index (κ1) is 24.5. The summed E-state index contributed by atoms with van der Waals surface area (Å²) >= 11 is 1.49. The maximum Gasteiger partial charge on any atom is 1.00 e. The quantitative estimate of drug-likeness (QED) is 0.306. The van der Waals surface area contributed by atoms with Gasteiger partial charge in [-0.3, -0.25) is 0 Å². The molecule has 0 radical (unpaired) electrons. The zero-order chi connectivity index (χ0) is 20.3. The Hall–Kier alpha value is -0.724. The van der Waals surface area contributed by atoms with E-state index in [-0.39, 0.29) is 57.9 Å². The first-order chi connectivity index (χ1) is 13.2. The van der Waals surface area contributed by atoms with Gasteiger partial charge in [-0.2, -0.15) is 0 Å². The van der Waals surface area contributed by atoms with Crippen LogP contribution in [0, 0.1) is 13.8 Å². The first-order valence-corrected chi connectivity index (χ1v) is 11.2. The van der Waals surface area contributed by atoms with Gasteiger partial charge >= 0.3 is 51.4 Å². The SMILES string of the molecule is CCN(CCS(=O)(=O)[O-])c1ccc(N=Nc2nc3ccc(C)cc3s2)c(C)c1.[K+]. The van der Waals surface area contributed by atoms with Gasteiger partial charge in [0.2, 0.25) is 5.13 Å². The molecule has 0 N–H and O–H groups in total. The first-order valence-electron chi connectivity index (χ1n) is 8.83. The Bertz CT molecular complexity index is 1130. The van der Waals surface area contributed by atoms with Crippen molar-refractivity contribution in [2.45, 2.75) is 20.8 Å². The number of azo groups is 1. The van der Waals surface area contributed by atoms with Gasteiger partial charge in [0, 0.05) is 18.8 Å². The number of hydrogen-bond donors (Lipinski definition) is 0. The van der Waals surface area contributed by atoms with E-state index in [1.54, 1.807) is 0 Å². The van der Waals surface area contributed by atoms with Crippen LogP contribution in [0.2, 0.25) is 0 Å². The molecule has 0 saturated heterocycles. The summed E-state index contributed by atoms with van der Waals surface area (Å²) in [6.45, 7) is 6.62. The third-order valence-corrected chi connectivity index (χ3v) is 5.90. The maximum absolute atomic E-state index is 10.9. The summed E-state index contributed by atoms with van der Waals surface area (Å²) < 4.78 is 33.8. The average molecular weight is 457 g/mol. The van der Waals surface area contributed by atoms with E-state index in [1.165, 1.54) is 16.9 Å². The van der Waals surface area contributed by atoms with Crippen LogP contribution in [0.5, 0.6) is 0 Å². The molecule has 148 valence electrons. The summed E-state index contributed by atoms with van der Waals surface area (Å²) in [5, 5.41) is 9.18. The smallest absolute Gasteiger partial charge is 0.748 e. The third kappa shape index (κ3) is 6.89. The largest absolute Gasteiger partial charge is 1.00 e. The van der Waals surface area contributed by atoms with Crippen LogP contribution in [-0.4, -0.2) is 36.8 Å². The van der Waals surface area contributed by atoms with Crippen molar-refractivity contribution in [3.05, 3.63) is 47.5 Å². The number of rotatable bonds is 7. The van der Waals surface area contributed by atoms with Gasteiger partial charge in [0.25, 0.3) is 0 Å². The molecule has 0 aliphatic rings. The van der Waals surface area contributed by atoms with E-state index in [9.17, 15) is 13.0 Å². The van der Waals surface area contributed by atoms with Crippen molar-refractivity contribution in [3.63, 3.8) is 0 Å². The zero-order valence-electron chi connectivity index (χ0n) is 16.9. The van der Waals surface area contributed by atoms with E-state index < -0.39 is 15.9 Å². The Balaban J connectivity index is 0.00000300. The Labute approximate surface area is 217 Å². The molecule has 0 aliphatic carbocycles. The van der Waals surface area contributed by atoms with Crippen molar-refractivity contribution in [3.8, 4) is 0 Å². The number of nitrogens with zero attached hydrogens (tertiary/aromatic N) is 4. The molecule has 0 atom stereocenters. The number of fused-ring (bicyclic) bond motifs is 1. The number of benzene rings is 2. The molecule has 2 aromatic carbocycles. The van der Waals surface area contributed by atoms with Crippen molar-refractivity contribution in [1.82, 2.24) is 4.98 Å². The minimum atomic E-state index is -4.24. The second kappa shape index (κ2) is 10.5. The van der Waals surface area contributed by atoms with Crippen LogP contribution < -0.4 is 56.3 Å². The monoisotopic (exact) mass is 456 g/mol. The van der Waals surface area contributed by atoms with Gasteiger partial charge in [-0.1, -0.05) is 17.4 Å². The standard InChI is InChI=1S/C19H22N4O3S2.K/c1-4-23(9-10-28(24,25)26)15-6-8-16(14(3)12-15)21-22-19-20-17-7-5-13(2)11-18(17)27-19;/h5-8,11-12H,4,9-10H2,1-3H3,(H,24,25,26);/q;+1/p-1. The van der Waals surface area contributed by atoms with Crippen LogP contribution in [0.4, 0.5) is 16.5 Å². The molecule has 0 unspecified atom stereocenters. The summed E-state index contributed by atoms with van der Waals surface area (Å²) in [6.07, 6.45) is 0. The van der Waals surface area contributed by atoms with Crippen LogP contribution in [0.3, 0.4) is 0 Å². The molecule has 10 heteroatoms. The Morgan fingerprint density at radius 3 is 2.55 bits per heavy atom. The van der Waals surface area contributed by atoms with E-state index in [1.807, 2.05) is 56.0 Å². The number of aromatic nitrogens is 1. The minimum Gasteiger partial charge on any atom is -0.748 e. The molecule has 0 spiro atoms. The molecule has 0 fully saturated rings. The van der Waals surface area contributed by atoms with Gasteiger partial charge in [-0.05, 0) is 62.2 Å². The fourth-order valence-electron chi connectivity index (χ4n) is 2.80. The van der Waals surface area contributed by atoms with E-state index in [0.717, 1.165) is 21.5 Å². The summed E-state index contributed by atoms with van der Waals surface area (Å²) in [4.78, 5) is 6.31. The molecule has 0 saturated carbocycles. The minimum absolute atomic E-state index is 0. The predicted octanol–water partition coefficient (Wildman–Crippen LogP) is 1.70. The molecule has 1 aromatic heterocycles. The number of anilines is 1. The van der Waals surface area contributed by atoms with Gasteiger partial charge < -0.3 is 9.45 Å². The van der Waals surface area contributed by atoms with Gasteiger partial charge in [-0.15, -0.1) is 10.2 Å². The zero-order valence-corrected chi connectivity index (χ0v) is 21.7. The maximum atomic E-state index is 10.9. The van der Waals surface area contributed by atoms with Crippen LogP contribution in [0.1, 0.15) is 18.1 Å². The Morgan fingerprint density at radius 1 is 1.14 bits per heavy atom. The second-order valence-corrected chi connectivity index (χ2v) is 9.01. The van der Waals surface area contributed by atoms with Crippen molar-refractivity contribution < 1.29 is 64.4 Å². The molecule has 0 amide bonds. The topological polar surface area (TPSA) is 98.0 Å². The molecular weight excluding hydrogens is 435 g/mol. The van der Waals surface area contributed by atoms with Crippen molar-refractivity contribution in [2.75, 3.05) is 23.7 Å². The van der Waals surface area contributed by atoms with Crippen LogP contribution >= 0.6 is 11.3 Å². The van der Waals surface area contributed by atoms with E-state index >= 15 is 0 Å². The predicted molar refractivity (Wildman–Crippen MR) is 112 cm³/mol. The molecule has 0 bridgehead atoms. The van der Waals surface area contributed by atoms with Crippen LogP contribution in [-0.2, 0) is 10.1 Å². The van der Waals surface area contributed by atoms with Crippen molar-refractivity contribution >= 4 is 48.2 Å². The molecule has 0 aliphatic heterocycles. The van der Waals surface area contributed by atoms with E-state index in [4.69, 9.17) is 0 Å². The molecule has 1 heterocycles. The van der Waals surface area contributed by atoms with Crippen molar-refractivity contribution in [1.29, 1.82) is 0 Å². The van der Waals surface area contributed by atoms with Crippen molar-refractivity contribution in [2.24, 2.45) is 10.2 Å². The van der Waals surface area contributed by atoms with Crippen LogP contribution in [0.25, 0.3) is 10.2 Å². The third-order valence-electron chi connectivity index (χ3n) is 4.31. The summed E-state index contributed by atoms with van der Waals surface area (Å²) in [5.74, 6) is -0.418. The Kier molecular flexibility index (Phi) is 8.92.